The molecule has 3 aromatic rings. The van der Waals surface area contributed by atoms with Crippen LogP contribution in [0.25, 0.3) is 5.69 Å². The lowest BCUT2D eigenvalue weighted by atomic mass is 10.0. The van der Waals surface area contributed by atoms with Crippen LogP contribution in [0.4, 0.5) is 0 Å². The summed E-state index contributed by atoms with van der Waals surface area (Å²) < 4.78 is 1.72. The van der Waals surface area contributed by atoms with Crippen LogP contribution in [0, 0.1) is 0 Å². The van der Waals surface area contributed by atoms with E-state index in [4.69, 9.17) is 23.2 Å². The minimum Gasteiger partial charge on any atom is -0.188 e. The van der Waals surface area contributed by atoms with Crippen LogP contribution in [-0.2, 0) is 5.75 Å². The first-order valence-corrected chi connectivity index (χ1v) is 9.25. The van der Waals surface area contributed by atoms with E-state index in [-0.39, 0.29) is 0 Å². The molecule has 24 heavy (non-hydrogen) atoms. The van der Waals surface area contributed by atoms with Crippen LogP contribution in [-0.4, -0.2) is 20.2 Å². The molecular formula is C17H16Cl2N4S. The van der Waals surface area contributed by atoms with Crippen LogP contribution in [0.15, 0.2) is 47.6 Å². The van der Waals surface area contributed by atoms with Gasteiger partial charge in [0, 0.05) is 15.8 Å². The molecule has 0 N–H and O–H groups in total. The van der Waals surface area contributed by atoms with Crippen LogP contribution in [0.5, 0.6) is 0 Å². The summed E-state index contributed by atoms with van der Waals surface area (Å²) in [6.45, 7) is 4.33. The molecule has 0 atom stereocenters. The third-order valence-corrected chi connectivity index (χ3v) is 5.31. The zero-order chi connectivity index (χ0) is 17.1. The largest absolute Gasteiger partial charge is 0.214 e. The highest BCUT2D eigenvalue weighted by molar-refractivity contribution is 7.98. The molecule has 0 saturated heterocycles. The summed E-state index contributed by atoms with van der Waals surface area (Å²) in [6.07, 6.45) is 0. The Labute approximate surface area is 155 Å². The van der Waals surface area contributed by atoms with Gasteiger partial charge in [-0.25, -0.2) is 0 Å². The molecule has 0 bridgehead atoms. The topological polar surface area (TPSA) is 43.6 Å². The lowest BCUT2D eigenvalue weighted by Crippen LogP contribution is -2.00. The van der Waals surface area contributed by atoms with Crippen molar-refractivity contribution < 1.29 is 0 Å². The van der Waals surface area contributed by atoms with Gasteiger partial charge in [-0.3, -0.25) is 0 Å². The predicted molar refractivity (Wildman–Crippen MR) is 99.3 cm³/mol. The standard InChI is InChI=1S/C17H16Cl2N4S/c1-11(2)12-6-8-13(9-7-12)23-17(20-21-22-23)24-10-14-15(18)4-3-5-16(14)19/h3-9,11H,10H2,1-2H3. The third-order valence-electron chi connectivity index (χ3n) is 3.65. The predicted octanol–water partition coefficient (Wildman–Crippen LogP) is 5.38. The van der Waals surface area contributed by atoms with Crippen molar-refractivity contribution in [3.63, 3.8) is 0 Å². The molecule has 0 unspecified atom stereocenters. The Morgan fingerprint density at radius 3 is 2.33 bits per heavy atom. The number of benzene rings is 2. The van der Waals surface area contributed by atoms with Crippen molar-refractivity contribution in [1.82, 2.24) is 20.2 Å². The number of rotatable bonds is 5. The highest BCUT2D eigenvalue weighted by Gasteiger charge is 2.12. The molecule has 3 rings (SSSR count). The molecule has 0 amide bonds. The van der Waals surface area contributed by atoms with E-state index < -0.39 is 0 Å². The Hall–Kier alpha value is -1.56. The molecular weight excluding hydrogens is 363 g/mol. The number of aromatic nitrogens is 4. The van der Waals surface area contributed by atoms with Gasteiger partial charge >= 0.3 is 0 Å². The Morgan fingerprint density at radius 1 is 1.04 bits per heavy atom. The fourth-order valence-electron chi connectivity index (χ4n) is 2.24. The first-order chi connectivity index (χ1) is 11.6. The van der Waals surface area contributed by atoms with Gasteiger partial charge in [-0.05, 0) is 51.7 Å². The molecule has 4 nitrogen and oxygen atoms in total. The van der Waals surface area contributed by atoms with Gasteiger partial charge < -0.3 is 0 Å². The molecule has 124 valence electrons. The molecule has 0 saturated carbocycles. The second-order valence-electron chi connectivity index (χ2n) is 5.61. The van der Waals surface area contributed by atoms with Crippen LogP contribution in [0.3, 0.4) is 0 Å². The highest BCUT2D eigenvalue weighted by Crippen LogP contribution is 2.31. The summed E-state index contributed by atoms with van der Waals surface area (Å²) in [6, 6.07) is 13.7. The summed E-state index contributed by atoms with van der Waals surface area (Å²) >= 11 is 13.9. The zero-order valence-corrected chi connectivity index (χ0v) is 15.6. The average Bonchev–Trinajstić information content (AvgIpc) is 3.03. The number of nitrogens with zero attached hydrogens (tertiary/aromatic N) is 4. The Morgan fingerprint density at radius 2 is 1.71 bits per heavy atom. The van der Waals surface area contributed by atoms with Crippen LogP contribution in [0.1, 0.15) is 30.9 Å². The summed E-state index contributed by atoms with van der Waals surface area (Å²) in [5.74, 6) is 1.09. The van der Waals surface area contributed by atoms with Crippen molar-refractivity contribution in [1.29, 1.82) is 0 Å². The van der Waals surface area contributed by atoms with Gasteiger partial charge in [-0.1, -0.05) is 67.0 Å². The molecule has 0 fully saturated rings. The van der Waals surface area contributed by atoms with E-state index in [1.54, 1.807) is 4.68 Å². The number of halogens is 2. The minimum absolute atomic E-state index is 0.490. The van der Waals surface area contributed by atoms with E-state index >= 15 is 0 Å². The summed E-state index contributed by atoms with van der Waals surface area (Å²) in [5, 5.41) is 14.0. The second-order valence-corrected chi connectivity index (χ2v) is 7.37. The maximum atomic E-state index is 6.22. The van der Waals surface area contributed by atoms with Gasteiger partial charge in [0.05, 0.1) is 5.69 Å². The Bertz CT molecular complexity index is 811. The quantitative estimate of drug-likeness (QED) is 0.558. The molecule has 1 heterocycles. The normalized spacial score (nSPS) is 11.2. The van der Waals surface area contributed by atoms with Crippen molar-refractivity contribution in [2.75, 3.05) is 0 Å². The van der Waals surface area contributed by atoms with E-state index in [0.717, 1.165) is 11.3 Å². The van der Waals surface area contributed by atoms with Crippen LogP contribution in [0.2, 0.25) is 10.0 Å². The summed E-state index contributed by atoms with van der Waals surface area (Å²) in [7, 11) is 0. The van der Waals surface area contributed by atoms with Gasteiger partial charge in [0.15, 0.2) is 0 Å². The van der Waals surface area contributed by atoms with E-state index in [2.05, 4.69) is 41.5 Å². The fourth-order valence-corrected chi connectivity index (χ4v) is 3.87. The van der Waals surface area contributed by atoms with Crippen molar-refractivity contribution >= 4 is 35.0 Å². The van der Waals surface area contributed by atoms with Crippen molar-refractivity contribution in [3.05, 3.63) is 63.6 Å². The van der Waals surface area contributed by atoms with Crippen molar-refractivity contribution in [3.8, 4) is 5.69 Å². The SMILES string of the molecule is CC(C)c1ccc(-n2nnnc2SCc2c(Cl)cccc2Cl)cc1. The zero-order valence-electron chi connectivity index (χ0n) is 13.3. The van der Waals surface area contributed by atoms with Gasteiger partial charge in [0.25, 0.3) is 0 Å². The van der Waals surface area contributed by atoms with Crippen molar-refractivity contribution in [2.24, 2.45) is 0 Å². The molecule has 1 aromatic heterocycles. The smallest absolute Gasteiger partial charge is 0.188 e. The average molecular weight is 379 g/mol. The Balaban J connectivity index is 1.80. The molecule has 0 radical (unpaired) electrons. The van der Waals surface area contributed by atoms with Gasteiger partial charge in [-0.15, -0.1) is 5.10 Å². The molecule has 7 heteroatoms. The molecule has 0 aliphatic heterocycles. The first-order valence-electron chi connectivity index (χ1n) is 7.50. The number of tetrazole rings is 1. The van der Waals surface area contributed by atoms with Crippen LogP contribution < -0.4 is 0 Å². The van der Waals surface area contributed by atoms with E-state index in [1.807, 2.05) is 30.3 Å². The second kappa shape index (κ2) is 7.55. The summed E-state index contributed by atoms with van der Waals surface area (Å²) in [4.78, 5) is 0. The molecule has 0 aliphatic rings. The highest BCUT2D eigenvalue weighted by atomic mass is 35.5. The van der Waals surface area contributed by atoms with Crippen LogP contribution >= 0.6 is 35.0 Å². The van der Waals surface area contributed by atoms with Crippen molar-refractivity contribution in [2.45, 2.75) is 30.7 Å². The minimum atomic E-state index is 0.490. The van der Waals surface area contributed by atoms with E-state index in [0.29, 0.717) is 26.9 Å². The first kappa shape index (κ1) is 17.3. The lowest BCUT2D eigenvalue weighted by molar-refractivity contribution is 0.754. The monoisotopic (exact) mass is 378 g/mol. The lowest BCUT2D eigenvalue weighted by Gasteiger charge is -2.09. The van der Waals surface area contributed by atoms with E-state index in [1.165, 1.54) is 17.3 Å². The summed E-state index contributed by atoms with van der Waals surface area (Å²) in [5.41, 5.74) is 3.09. The molecule has 0 aliphatic carbocycles. The fraction of sp³-hybridized carbons (Fsp3) is 0.235. The number of hydrogen-bond donors (Lipinski definition) is 0. The molecule has 2 aromatic carbocycles. The molecule has 0 spiro atoms. The number of hydrogen-bond acceptors (Lipinski definition) is 4. The van der Waals surface area contributed by atoms with Gasteiger partial charge in [-0.2, -0.15) is 4.68 Å². The number of thioether (sulfide) groups is 1. The maximum Gasteiger partial charge on any atom is 0.214 e. The maximum absolute atomic E-state index is 6.22. The third kappa shape index (κ3) is 3.74. The van der Waals surface area contributed by atoms with Gasteiger partial charge in [0.2, 0.25) is 5.16 Å². The van der Waals surface area contributed by atoms with E-state index in [9.17, 15) is 0 Å². The van der Waals surface area contributed by atoms with Gasteiger partial charge in [0.1, 0.15) is 0 Å². The Kier molecular flexibility index (Phi) is 5.43.